The molecular weight excluding hydrogens is 196 g/mol. The van der Waals surface area contributed by atoms with Crippen LogP contribution in [0, 0.1) is 0 Å². The third kappa shape index (κ3) is 2.54. The average molecular weight is 210 g/mol. The van der Waals surface area contributed by atoms with Crippen molar-refractivity contribution in [3.8, 4) is 0 Å². The molecule has 2 aromatic rings. The van der Waals surface area contributed by atoms with Gasteiger partial charge in [0.15, 0.2) is 0 Å². The lowest BCUT2D eigenvalue weighted by Crippen LogP contribution is -1.86. The summed E-state index contributed by atoms with van der Waals surface area (Å²) in [6.45, 7) is 2.16. The zero-order chi connectivity index (χ0) is 11.2. The van der Waals surface area contributed by atoms with Crippen LogP contribution in [0.1, 0.15) is 23.7 Å². The van der Waals surface area contributed by atoms with Gasteiger partial charge in [0.2, 0.25) is 0 Å². The van der Waals surface area contributed by atoms with E-state index in [-0.39, 0.29) is 0 Å². The minimum absolute atomic E-state index is 0.883. The van der Waals surface area contributed by atoms with E-state index in [1.165, 1.54) is 11.1 Å². The van der Waals surface area contributed by atoms with Gasteiger partial charge in [0.1, 0.15) is 0 Å². The van der Waals surface area contributed by atoms with E-state index < -0.39 is 0 Å². The van der Waals surface area contributed by atoms with Crippen LogP contribution in [0.2, 0.25) is 0 Å². The van der Waals surface area contributed by atoms with Crippen LogP contribution in [0.4, 0.5) is 0 Å². The molecule has 0 saturated carbocycles. The standard InChI is InChI=1S/C14H14N2/c1-2-12-6-3-4-7-13(12)9-10-14-8-5-11-15-16-14/h3-11H,2H2,1H3. The SMILES string of the molecule is CCc1ccccc1C=Cc1cccnn1. The van der Waals surface area contributed by atoms with E-state index in [2.05, 4.69) is 47.5 Å². The molecule has 0 atom stereocenters. The zero-order valence-corrected chi connectivity index (χ0v) is 9.30. The minimum atomic E-state index is 0.883. The maximum Gasteiger partial charge on any atom is 0.0857 e. The zero-order valence-electron chi connectivity index (χ0n) is 9.30. The largest absolute Gasteiger partial charge is 0.159 e. The smallest absolute Gasteiger partial charge is 0.0857 e. The molecule has 0 fully saturated rings. The fraction of sp³-hybridized carbons (Fsp3) is 0.143. The van der Waals surface area contributed by atoms with Crippen molar-refractivity contribution < 1.29 is 0 Å². The fourth-order valence-electron chi connectivity index (χ4n) is 1.60. The Kier molecular flexibility index (Phi) is 3.44. The van der Waals surface area contributed by atoms with Crippen LogP contribution in [-0.4, -0.2) is 10.2 Å². The van der Waals surface area contributed by atoms with Crippen molar-refractivity contribution in [3.63, 3.8) is 0 Å². The van der Waals surface area contributed by atoms with E-state index in [9.17, 15) is 0 Å². The molecule has 16 heavy (non-hydrogen) atoms. The number of rotatable bonds is 3. The minimum Gasteiger partial charge on any atom is -0.159 e. The second-order valence-corrected chi connectivity index (χ2v) is 3.53. The monoisotopic (exact) mass is 210 g/mol. The molecule has 0 spiro atoms. The number of nitrogens with zero attached hydrogens (tertiary/aromatic N) is 2. The molecule has 1 aromatic carbocycles. The summed E-state index contributed by atoms with van der Waals surface area (Å²) < 4.78 is 0. The van der Waals surface area contributed by atoms with Crippen LogP contribution >= 0.6 is 0 Å². The van der Waals surface area contributed by atoms with Crippen molar-refractivity contribution in [1.82, 2.24) is 10.2 Å². The number of aryl methyl sites for hydroxylation is 1. The maximum atomic E-state index is 4.01. The molecule has 2 rings (SSSR count). The second kappa shape index (κ2) is 5.21. The number of aromatic nitrogens is 2. The topological polar surface area (TPSA) is 25.8 Å². The average Bonchev–Trinajstić information content (AvgIpc) is 2.38. The third-order valence-corrected chi connectivity index (χ3v) is 2.46. The number of hydrogen-bond acceptors (Lipinski definition) is 2. The van der Waals surface area contributed by atoms with Crippen LogP contribution < -0.4 is 0 Å². The lowest BCUT2D eigenvalue weighted by Gasteiger charge is -2.01. The molecule has 2 heteroatoms. The summed E-state index contributed by atoms with van der Waals surface area (Å²) in [4.78, 5) is 0. The second-order valence-electron chi connectivity index (χ2n) is 3.53. The summed E-state index contributed by atoms with van der Waals surface area (Å²) in [5.41, 5.74) is 3.48. The summed E-state index contributed by atoms with van der Waals surface area (Å²) in [6.07, 6.45) is 6.79. The van der Waals surface area contributed by atoms with Crippen LogP contribution in [0.25, 0.3) is 12.2 Å². The van der Waals surface area contributed by atoms with Crippen molar-refractivity contribution in [2.45, 2.75) is 13.3 Å². The molecular formula is C14H14N2. The molecule has 0 unspecified atom stereocenters. The van der Waals surface area contributed by atoms with Crippen LogP contribution in [-0.2, 0) is 6.42 Å². The van der Waals surface area contributed by atoms with E-state index in [0.29, 0.717) is 0 Å². The van der Waals surface area contributed by atoms with Gasteiger partial charge in [-0.25, -0.2) is 0 Å². The number of hydrogen-bond donors (Lipinski definition) is 0. The molecule has 80 valence electrons. The van der Waals surface area contributed by atoms with Gasteiger partial charge in [-0.1, -0.05) is 37.3 Å². The van der Waals surface area contributed by atoms with Gasteiger partial charge < -0.3 is 0 Å². The third-order valence-electron chi connectivity index (χ3n) is 2.46. The Morgan fingerprint density at radius 3 is 2.69 bits per heavy atom. The predicted octanol–water partition coefficient (Wildman–Crippen LogP) is 3.21. The van der Waals surface area contributed by atoms with Crippen molar-refractivity contribution in [1.29, 1.82) is 0 Å². The molecule has 0 aliphatic heterocycles. The Hall–Kier alpha value is -1.96. The molecule has 0 aliphatic carbocycles. The van der Waals surface area contributed by atoms with Gasteiger partial charge in [-0.2, -0.15) is 10.2 Å². The van der Waals surface area contributed by atoms with Crippen LogP contribution in [0.3, 0.4) is 0 Å². The Balaban J connectivity index is 2.24. The first-order valence-electron chi connectivity index (χ1n) is 5.44. The molecule has 0 amide bonds. The number of benzene rings is 1. The molecule has 0 aliphatic rings. The predicted molar refractivity (Wildman–Crippen MR) is 66.8 cm³/mol. The van der Waals surface area contributed by atoms with Gasteiger partial charge in [-0.3, -0.25) is 0 Å². The van der Waals surface area contributed by atoms with Gasteiger partial charge in [0, 0.05) is 6.20 Å². The molecule has 0 radical (unpaired) electrons. The van der Waals surface area contributed by atoms with Crippen LogP contribution in [0.5, 0.6) is 0 Å². The van der Waals surface area contributed by atoms with Crippen molar-refractivity contribution in [3.05, 3.63) is 59.4 Å². The Bertz CT molecular complexity index is 475. The first-order chi connectivity index (χ1) is 7.90. The summed E-state index contributed by atoms with van der Waals surface area (Å²) >= 11 is 0. The molecule has 1 heterocycles. The summed E-state index contributed by atoms with van der Waals surface area (Å²) in [6, 6.07) is 12.2. The maximum absolute atomic E-state index is 4.01. The highest BCUT2D eigenvalue weighted by Gasteiger charge is 1.95. The highest BCUT2D eigenvalue weighted by Crippen LogP contribution is 2.12. The van der Waals surface area contributed by atoms with E-state index in [4.69, 9.17) is 0 Å². The Morgan fingerprint density at radius 1 is 1.06 bits per heavy atom. The first kappa shape index (κ1) is 10.6. The molecule has 2 nitrogen and oxygen atoms in total. The van der Waals surface area contributed by atoms with Crippen molar-refractivity contribution in [2.24, 2.45) is 0 Å². The molecule has 0 bridgehead atoms. The highest BCUT2D eigenvalue weighted by atomic mass is 15.1. The van der Waals surface area contributed by atoms with Crippen molar-refractivity contribution in [2.75, 3.05) is 0 Å². The van der Waals surface area contributed by atoms with E-state index in [1.54, 1.807) is 6.20 Å². The van der Waals surface area contributed by atoms with Gasteiger partial charge in [0.05, 0.1) is 5.69 Å². The van der Waals surface area contributed by atoms with Crippen LogP contribution in [0.15, 0.2) is 42.6 Å². The van der Waals surface area contributed by atoms with Crippen molar-refractivity contribution >= 4 is 12.2 Å². The molecule has 1 aromatic heterocycles. The van der Waals surface area contributed by atoms with E-state index >= 15 is 0 Å². The molecule has 0 saturated heterocycles. The first-order valence-corrected chi connectivity index (χ1v) is 5.44. The Labute approximate surface area is 95.7 Å². The van der Waals surface area contributed by atoms with Gasteiger partial charge >= 0.3 is 0 Å². The summed E-state index contributed by atoms with van der Waals surface area (Å²) in [7, 11) is 0. The van der Waals surface area contributed by atoms with Gasteiger partial charge in [0.25, 0.3) is 0 Å². The quantitative estimate of drug-likeness (QED) is 0.777. The normalized spacial score (nSPS) is 10.8. The molecule has 0 N–H and O–H groups in total. The highest BCUT2D eigenvalue weighted by molar-refractivity contribution is 5.69. The Morgan fingerprint density at radius 2 is 1.94 bits per heavy atom. The fourth-order valence-corrected chi connectivity index (χ4v) is 1.60. The summed E-state index contributed by atoms with van der Waals surface area (Å²) in [5, 5.41) is 7.85. The summed E-state index contributed by atoms with van der Waals surface area (Å²) in [5.74, 6) is 0. The lowest BCUT2D eigenvalue weighted by atomic mass is 10.0. The van der Waals surface area contributed by atoms with Gasteiger partial charge in [-0.05, 0) is 35.8 Å². The van der Waals surface area contributed by atoms with Gasteiger partial charge in [-0.15, -0.1) is 0 Å². The lowest BCUT2D eigenvalue weighted by molar-refractivity contribution is 1.02. The van der Waals surface area contributed by atoms with E-state index in [0.717, 1.165) is 12.1 Å². The van der Waals surface area contributed by atoms with E-state index in [1.807, 2.05) is 18.2 Å².